The highest BCUT2D eigenvalue weighted by molar-refractivity contribution is 8.00. The minimum Gasteiger partial charge on any atom is -0.355 e. The third-order valence-corrected chi connectivity index (χ3v) is 6.44. The van der Waals surface area contributed by atoms with Gasteiger partial charge in [0.1, 0.15) is 0 Å². The number of carbonyl (C=O) groups is 1. The normalized spacial score (nSPS) is 12.0. The van der Waals surface area contributed by atoms with Gasteiger partial charge in [0.05, 0.1) is 5.25 Å². The second-order valence-corrected chi connectivity index (χ2v) is 8.80. The van der Waals surface area contributed by atoms with Gasteiger partial charge >= 0.3 is 0 Å². The van der Waals surface area contributed by atoms with E-state index >= 15 is 0 Å². The molecule has 0 aliphatic heterocycles. The van der Waals surface area contributed by atoms with Gasteiger partial charge in [0, 0.05) is 31.3 Å². The lowest BCUT2D eigenvalue weighted by atomic mass is 9.88. The predicted octanol–water partition coefficient (Wildman–Crippen LogP) is 4.16. The number of nitrogens with zero attached hydrogens (tertiary/aromatic N) is 2. The highest BCUT2D eigenvalue weighted by Crippen LogP contribution is 2.27. The number of benzene rings is 2. The molecule has 5 nitrogen and oxygen atoms in total. The summed E-state index contributed by atoms with van der Waals surface area (Å²) in [5.41, 5.74) is 3.12. The van der Waals surface area contributed by atoms with Gasteiger partial charge in [-0.3, -0.25) is 14.2 Å². The SMILES string of the molecule is CCc1cc(=O)n(C)c(SC(C)C(=O)NCCC(c2ccccc2)c2ccccc2)n1. The van der Waals surface area contributed by atoms with Crippen molar-refractivity contribution in [3.8, 4) is 0 Å². The van der Waals surface area contributed by atoms with E-state index in [1.165, 1.54) is 27.5 Å². The van der Waals surface area contributed by atoms with Crippen molar-refractivity contribution in [3.05, 3.63) is 93.9 Å². The smallest absolute Gasteiger partial charge is 0.254 e. The van der Waals surface area contributed by atoms with Crippen LogP contribution in [-0.4, -0.2) is 27.3 Å². The summed E-state index contributed by atoms with van der Waals surface area (Å²) < 4.78 is 1.49. The molecule has 0 aliphatic carbocycles. The third-order valence-electron chi connectivity index (χ3n) is 5.30. The van der Waals surface area contributed by atoms with Crippen LogP contribution < -0.4 is 10.9 Å². The van der Waals surface area contributed by atoms with Gasteiger partial charge in [-0.05, 0) is 30.9 Å². The monoisotopic (exact) mass is 435 g/mol. The molecule has 3 aromatic rings. The Labute approximate surface area is 187 Å². The van der Waals surface area contributed by atoms with Crippen molar-refractivity contribution in [2.24, 2.45) is 7.05 Å². The van der Waals surface area contributed by atoms with Gasteiger partial charge in [-0.15, -0.1) is 0 Å². The van der Waals surface area contributed by atoms with Crippen LogP contribution in [0.4, 0.5) is 0 Å². The molecule has 0 aliphatic rings. The number of aryl methyl sites for hydroxylation is 1. The minimum atomic E-state index is -0.350. The van der Waals surface area contributed by atoms with E-state index < -0.39 is 0 Å². The zero-order valence-corrected chi connectivity index (χ0v) is 19.1. The molecule has 31 heavy (non-hydrogen) atoms. The van der Waals surface area contributed by atoms with E-state index in [2.05, 4.69) is 34.6 Å². The van der Waals surface area contributed by atoms with Gasteiger partial charge in [0.25, 0.3) is 5.56 Å². The molecule has 0 bridgehead atoms. The Kier molecular flexibility index (Phi) is 8.06. The maximum atomic E-state index is 12.7. The average molecular weight is 436 g/mol. The Hall–Kier alpha value is -2.86. The number of aromatic nitrogens is 2. The van der Waals surface area contributed by atoms with Crippen molar-refractivity contribution in [1.82, 2.24) is 14.9 Å². The van der Waals surface area contributed by atoms with E-state index in [-0.39, 0.29) is 22.6 Å². The topological polar surface area (TPSA) is 64.0 Å². The summed E-state index contributed by atoms with van der Waals surface area (Å²) in [5.74, 6) is 0.162. The van der Waals surface area contributed by atoms with Crippen LogP contribution in [0.2, 0.25) is 0 Å². The largest absolute Gasteiger partial charge is 0.355 e. The lowest BCUT2D eigenvalue weighted by Gasteiger charge is -2.19. The molecule has 1 amide bonds. The standard InChI is InChI=1S/C25H29N3O2S/c1-4-21-17-23(29)28(3)25(27-21)31-18(2)24(30)26-16-15-22(19-11-7-5-8-12-19)20-13-9-6-10-14-20/h5-14,17-18,22H,4,15-16H2,1-3H3,(H,26,30). The molecule has 2 aromatic carbocycles. The Balaban J connectivity index is 1.63. The first-order valence-electron chi connectivity index (χ1n) is 10.6. The minimum absolute atomic E-state index is 0.0546. The molecule has 6 heteroatoms. The Bertz CT molecular complexity index is 1010. The van der Waals surface area contributed by atoms with Crippen LogP contribution in [0.15, 0.2) is 76.7 Å². The molecule has 0 spiro atoms. The van der Waals surface area contributed by atoms with Gasteiger partial charge in [-0.25, -0.2) is 4.98 Å². The van der Waals surface area contributed by atoms with Gasteiger partial charge in [0.2, 0.25) is 5.91 Å². The highest BCUT2D eigenvalue weighted by Gasteiger charge is 2.19. The van der Waals surface area contributed by atoms with Crippen molar-refractivity contribution in [2.45, 2.75) is 43.0 Å². The van der Waals surface area contributed by atoms with E-state index in [9.17, 15) is 9.59 Å². The van der Waals surface area contributed by atoms with E-state index in [1.54, 1.807) is 13.1 Å². The number of amides is 1. The predicted molar refractivity (Wildman–Crippen MR) is 127 cm³/mol. The summed E-state index contributed by atoms with van der Waals surface area (Å²) in [7, 11) is 1.69. The Morgan fingerprint density at radius 2 is 1.65 bits per heavy atom. The number of carbonyl (C=O) groups excluding carboxylic acids is 1. The fourth-order valence-electron chi connectivity index (χ4n) is 3.44. The van der Waals surface area contributed by atoms with Crippen LogP contribution in [-0.2, 0) is 18.3 Å². The Morgan fingerprint density at radius 1 is 1.06 bits per heavy atom. The second-order valence-electron chi connectivity index (χ2n) is 7.49. The van der Waals surface area contributed by atoms with Crippen molar-refractivity contribution in [3.63, 3.8) is 0 Å². The summed E-state index contributed by atoms with van der Waals surface area (Å²) in [6.07, 6.45) is 1.49. The molecule has 162 valence electrons. The molecule has 1 unspecified atom stereocenters. The Morgan fingerprint density at radius 3 is 2.19 bits per heavy atom. The molecular weight excluding hydrogens is 406 g/mol. The molecule has 1 atom stereocenters. The maximum absolute atomic E-state index is 12.7. The van der Waals surface area contributed by atoms with Crippen LogP contribution in [0, 0.1) is 0 Å². The van der Waals surface area contributed by atoms with Crippen molar-refractivity contribution in [1.29, 1.82) is 0 Å². The van der Waals surface area contributed by atoms with Gasteiger partial charge in [-0.1, -0.05) is 79.3 Å². The average Bonchev–Trinajstić information content (AvgIpc) is 2.80. The quantitative estimate of drug-likeness (QED) is 0.405. The fourth-order valence-corrected chi connectivity index (χ4v) is 4.37. The summed E-state index contributed by atoms with van der Waals surface area (Å²) >= 11 is 1.31. The summed E-state index contributed by atoms with van der Waals surface area (Å²) in [4.78, 5) is 29.3. The zero-order chi connectivity index (χ0) is 22.2. The number of thioether (sulfide) groups is 1. The van der Waals surface area contributed by atoms with Gasteiger partial charge in [-0.2, -0.15) is 0 Å². The van der Waals surface area contributed by atoms with Crippen LogP contribution in [0.3, 0.4) is 0 Å². The van der Waals surface area contributed by atoms with E-state index in [0.29, 0.717) is 18.1 Å². The highest BCUT2D eigenvalue weighted by atomic mass is 32.2. The third kappa shape index (κ3) is 6.07. The van der Waals surface area contributed by atoms with Crippen LogP contribution in [0.5, 0.6) is 0 Å². The molecule has 0 saturated carbocycles. The molecule has 1 N–H and O–H groups in total. The van der Waals surface area contributed by atoms with E-state index in [1.807, 2.05) is 50.2 Å². The molecule has 0 radical (unpaired) electrons. The van der Waals surface area contributed by atoms with E-state index in [0.717, 1.165) is 12.1 Å². The number of hydrogen-bond donors (Lipinski definition) is 1. The van der Waals surface area contributed by atoms with E-state index in [4.69, 9.17) is 0 Å². The lowest BCUT2D eigenvalue weighted by molar-refractivity contribution is -0.120. The summed E-state index contributed by atoms with van der Waals surface area (Å²) in [6.45, 7) is 4.37. The second kappa shape index (κ2) is 11.0. The van der Waals surface area contributed by atoms with Crippen LogP contribution in [0.1, 0.15) is 43.0 Å². The van der Waals surface area contributed by atoms with Gasteiger partial charge < -0.3 is 5.32 Å². The summed E-state index contributed by atoms with van der Waals surface area (Å²) in [6, 6.07) is 22.3. The molecule has 0 saturated heterocycles. The van der Waals surface area contributed by atoms with Crippen molar-refractivity contribution < 1.29 is 4.79 Å². The molecule has 1 aromatic heterocycles. The first-order chi connectivity index (χ1) is 15.0. The lowest BCUT2D eigenvalue weighted by Crippen LogP contribution is -2.33. The molecule has 3 rings (SSSR count). The number of hydrogen-bond acceptors (Lipinski definition) is 4. The maximum Gasteiger partial charge on any atom is 0.254 e. The molecular formula is C25H29N3O2S. The first-order valence-corrected chi connectivity index (χ1v) is 11.5. The molecule has 0 fully saturated rings. The number of nitrogens with one attached hydrogen (secondary N) is 1. The van der Waals surface area contributed by atoms with Crippen molar-refractivity contribution in [2.75, 3.05) is 6.54 Å². The number of rotatable bonds is 9. The molecule has 1 heterocycles. The summed E-state index contributed by atoms with van der Waals surface area (Å²) in [5, 5.41) is 3.28. The van der Waals surface area contributed by atoms with Crippen LogP contribution in [0.25, 0.3) is 0 Å². The van der Waals surface area contributed by atoms with Crippen LogP contribution >= 0.6 is 11.8 Å². The first kappa shape index (κ1) is 22.8. The van der Waals surface area contributed by atoms with Crippen molar-refractivity contribution >= 4 is 17.7 Å². The zero-order valence-electron chi connectivity index (χ0n) is 18.2. The fraction of sp³-hybridized carbons (Fsp3) is 0.320. The van der Waals surface area contributed by atoms with Gasteiger partial charge in [0.15, 0.2) is 5.16 Å².